The Morgan fingerprint density at radius 3 is 2.52 bits per heavy atom. The van der Waals surface area contributed by atoms with E-state index in [1.807, 2.05) is 20.8 Å². The first-order valence-corrected chi connectivity index (χ1v) is 8.94. The van der Waals surface area contributed by atoms with Crippen LogP contribution in [0.1, 0.15) is 33.6 Å². The molecule has 0 amide bonds. The number of nitrogens with zero attached hydrogens (tertiary/aromatic N) is 2. The van der Waals surface area contributed by atoms with Crippen LogP contribution in [0.25, 0.3) is 0 Å². The number of ether oxygens (including phenoxy) is 1. The Hall–Kier alpha value is -1.35. The number of guanidine groups is 1. The average Bonchev–Trinajstić information content (AvgIpc) is 2.87. The van der Waals surface area contributed by atoms with Crippen molar-refractivity contribution in [3.05, 3.63) is 44.9 Å². The third-order valence-electron chi connectivity index (χ3n) is 3.61. The largest absolute Gasteiger partial charge is 0.494 e. The zero-order valence-corrected chi connectivity index (χ0v) is 18.6. The lowest BCUT2D eigenvalue weighted by molar-refractivity contribution is 0.336. The molecular weight excluding hydrogens is 447 g/mol. The minimum absolute atomic E-state index is 0. The standard InChI is InChI=1S/C18H26N4OS.HI/c1-6-23-16-9-12(2)7-8-15(16)10-20-18(19-5)21-11-17-13(3)22-14(4)24-17;/h7-9H,6,10-11H2,1-5H3,(H2,19,20,21);1H. The summed E-state index contributed by atoms with van der Waals surface area (Å²) in [6.07, 6.45) is 0. The normalized spacial score (nSPS) is 11.0. The summed E-state index contributed by atoms with van der Waals surface area (Å²) >= 11 is 1.72. The van der Waals surface area contributed by atoms with E-state index in [1.165, 1.54) is 10.4 Å². The molecule has 0 saturated carbocycles. The predicted octanol–water partition coefficient (Wildman–Crippen LogP) is 3.95. The lowest BCUT2D eigenvalue weighted by Gasteiger charge is -2.14. The molecule has 2 rings (SSSR count). The summed E-state index contributed by atoms with van der Waals surface area (Å²) in [6, 6.07) is 6.26. The molecule has 0 unspecified atom stereocenters. The van der Waals surface area contributed by atoms with Gasteiger partial charge in [-0.3, -0.25) is 4.99 Å². The molecule has 0 fully saturated rings. The van der Waals surface area contributed by atoms with Crippen molar-refractivity contribution >= 4 is 41.3 Å². The topological polar surface area (TPSA) is 58.5 Å². The molecule has 138 valence electrons. The van der Waals surface area contributed by atoms with Crippen LogP contribution in [0.3, 0.4) is 0 Å². The van der Waals surface area contributed by atoms with Gasteiger partial charge in [0.2, 0.25) is 0 Å². The summed E-state index contributed by atoms with van der Waals surface area (Å²) in [5.74, 6) is 1.69. The molecule has 2 N–H and O–H groups in total. The van der Waals surface area contributed by atoms with Crippen molar-refractivity contribution < 1.29 is 4.74 Å². The Kier molecular flexibility index (Phi) is 9.20. The van der Waals surface area contributed by atoms with Gasteiger partial charge in [0.15, 0.2) is 5.96 Å². The molecule has 2 aromatic rings. The molecule has 25 heavy (non-hydrogen) atoms. The fraction of sp³-hybridized carbons (Fsp3) is 0.444. The van der Waals surface area contributed by atoms with Crippen LogP contribution in [0.2, 0.25) is 0 Å². The molecule has 7 heteroatoms. The number of hydrogen-bond donors (Lipinski definition) is 2. The number of hydrogen-bond acceptors (Lipinski definition) is 4. The van der Waals surface area contributed by atoms with Crippen LogP contribution in [-0.2, 0) is 13.1 Å². The van der Waals surface area contributed by atoms with Crippen molar-refractivity contribution in [3.8, 4) is 5.75 Å². The van der Waals surface area contributed by atoms with Crippen LogP contribution in [0.4, 0.5) is 0 Å². The van der Waals surface area contributed by atoms with E-state index >= 15 is 0 Å². The van der Waals surface area contributed by atoms with Gasteiger partial charge in [0.05, 0.1) is 23.9 Å². The van der Waals surface area contributed by atoms with Gasteiger partial charge in [-0.05, 0) is 39.3 Å². The monoisotopic (exact) mass is 474 g/mol. The van der Waals surface area contributed by atoms with E-state index in [4.69, 9.17) is 4.74 Å². The van der Waals surface area contributed by atoms with Gasteiger partial charge in [-0.25, -0.2) is 4.98 Å². The van der Waals surface area contributed by atoms with E-state index < -0.39 is 0 Å². The first-order chi connectivity index (χ1) is 11.5. The molecule has 0 atom stereocenters. The van der Waals surface area contributed by atoms with Crippen LogP contribution >= 0.6 is 35.3 Å². The summed E-state index contributed by atoms with van der Waals surface area (Å²) in [6.45, 7) is 10.2. The molecule has 0 aliphatic rings. The highest BCUT2D eigenvalue weighted by molar-refractivity contribution is 14.0. The van der Waals surface area contributed by atoms with Gasteiger partial charge >= 0.3 is 0 Å². The van der Waals surface area contributed by atoms with Crippen molar-refractivity contribution in [1.82, 2.24) is 15.6 Å². The first kappa shape index (κ1) is 21.7. The minimum atomic E-state index is 0. The zero-order valence-electron chi connectivity index (χ0n) is 15.5. The van der Waals surface area contributed by atoms with Crippen molar-refractivity contribution in [2.24, 2.45) is 4.99 Å². The van der Waals surface area contributed by atoms with E-state index in [2.05, 4.69) is 45.7 Å². The maximum atomic E-state index is 5.72. The maximum absolute atomic E-state index is 5.72. The van der Waals surface area contributed by atoms with E-state index in [1.54, 1.807) is 18.4 Å². The number of halogens is 1. The van der Waals surface area contributed by atoms with Gasteiger partial charge < -0.3 is 15.4 Å². The average molecular weight is 474 g/mol. The second kappa shape index (κ2) is 10.6. The quantitative estimate of drug-likeness (QED) is 0.378. The van der Waals surface area contributed by atoms with Crippen molar-refractivity contribution in [3.63, 3.8) is 0 Å². The SMILES string of the molecule is CCOc1cc(C)ccc1CNC(=NC)NCc1sc(C)nc1C.I. The molecule has 0 spiro atoms. The summed E-state index contributed by atoms with van der Waals surface area (Å²) < 4.78 is 5.72. The van der Waals surface area contributed by atoms with Crippen molar-refractivity contribution in [2.45, 2.75) is 40.8 Å². The second-order valence-corrected chi connectivity index (χ2v) is 6.85. The van der Waals surface area contributed by atoms with Gasteiger partial charge in [-0.1, -0.05) is 12.1 Å². The Balaban J connectivity index is 0.00000312. The highest BCUT2D eigenvalue weighted by Gasteiger charge is 2.08. The molecule has 0 aliphatic heterocycles. The second-order valence-electron chi connectivity index (χ2n) is 5.56. The summed E-state index contributed by atoms with van der Waals surface area (Å²) in [5, 5.41) is 7.78. The van der Waals surface area contributed by atoms with Crippen LogP contribution in [0, 0.1) is 20.8 Å². The van der Waals surface area contributed by atoms with Crippen LogP contribution in [-0.4, -0.2) is 24.6 Å². The maximum Gasteiger partial charge on any atom is 0.191 e. The molecule has 0 aliphatic carbocycles. The molecular formula is C18H27IN4OS. The fourth-order valence-corrected chi connectivity index (χ4v) is 3.28. The molecule has 1 heterocycles. The fourth-order valence-electron chi connectivity index (χ4n) is 2.40. The number of aliphatic imine (C=N–C) groups is 1. The Morgan fingerprint density at radius 1 is 1.20 bits per heavy atom. The summed E-state index contributed by atoms with van der Waals surface area (Å²) in [5.41, 5.74) is 3.40. The lowest BCUT2D eigenvalue weighted by atomic mass is 10.1. The molecule has 1 aromatic heterocycles. The minimum Gasteiger partial charge on any atom is -0.494 e. The zero-order chi connectivity index (χ0) is 17.5. The van der Waals surface area contributed by atoms with Crippen LogP contribution in [0.5, 0.6) is 5.75 Å². The van der Waals surface area contributed by atoms with Gasteiger partial charge in [0, 0.05) is 24.0 Å². The molecule has 0 bridgehead atoms. The highest BCUT2D eigenvalue weighted by Crippen LogP contribution is 2.20. The van der Waals surface area contributed by atoms with E-state index in [0.717, 1.165) is 34.5 Å². The molecule has 0 radical (unpaired) electrons. The van der Waals surface area contributed by atoms with Gasteiger partial charge in [-0.2, -0.15) is 0 Å². The van der Waals surface area contributed by atoms with Crippen LogP contribution in [0.15, 0.2) is 23.2 Å². The third-order valence-corrected chi connectivity index (χ3v) is 4.68. The summed E-state index contributed by atoms with van der Waals surface area (Å²) in [4.78, 5) is 9.97. The van der Waals surface area contributed by atoms with Crippen LogP contribution < -0.4 is 15.4 Å². The summed E-state index contributed by atoms with van der Waals surface area (Å²) in [7, 11) is 1.78. The highest BCUT2D eigenvalue weighted by atomic mass is 127. The van der Waals surface area contributed by atoms with E-state index in [9.17, 15) is 0 Å². The first-order valence-electron chi connectivity index (χ1n) is 8.13. The number of nitrogens with one attached hydrogen (secondary N) is 2. The van der Waals surface area contributed by atoms with Crippen molar-refractivity contribution in [2.75, 3.05) is 13.7 Å². The Labute approximate surface area is 171 Å². The molecule has 5 nitrogen and oxygen atoms in total. The number of thiazole rings is 1. The smallest absolute Gasteiger partial charge is 0.191 e. The third kappa shape index (κ3) is 6.47. The number of aromatic nitrogens is 1. The number of benzene rings is 1. The van der Waals surface area contributed by atoms with E-state index in [0.29, 0.717) is 13.2 Å². The van der Waals surface area contributed by atoms with Gasteiger partial charge in [0.25, 0.3) is 0 Å². The Bertz CT molecular complexity index is 715. The number of rotatable bonds is 6. The predicted molar refractivity (Wildman–Crippen MR) is 116 cm³/mol. The lowest BCUT2D eigenvalue weighted by Crippen LogP contribution is -2.36. The Morgan fingerprint density at radius 2 is 1.92 bits per heavy atom. The van der Waals surface area contributed by atoms with Gasteiger partial charge in [-0.15, -0.1) is 35.3 Å². The number of aryl methyl sites for hydroxylation is 3. The van der Waals surface area contributed by atoms with E-state index in [-0.39, 0.29) is 24.0 Å². The molecule has 1 aromatic carbocycles. The van der Waals surface area contributed by atoms with Gasteiger partial charge in [0.1, 0.15) is 5.75 Å². The molecule has 0 saturated heterocycles. The van der Waals surface area contributed by atoms with Crippen molar-refractivity contribution in [1.29, 1.82) is 0 Å².